The molecule has 0 saturated carbocycles. The van der Waals surface area contributed by atoms with Crippen molar-refractivity contribution in [3.05, 3.63) is 42.1 Å². The van der Waals surface area contributed by atoms with Gasteiger partial charge in [0.2, 0.25) is 0 Å². The summed E-state index contributed by atoms with van der Waals surface area (Å²) < 4.78 is 11.3. The predicted molar refractivity (Wildman–Crippen MR) is 129 cm³/mol. The van der Waals surface area contributed by atoms with Crippen molar-refractivity contribution in [3.63, 3.8) is 0 Å². The van der Waals surface area contributed by atoms with Crippen molar-refractivity contribution in [2.75, 3.05) is 68.0 Å². The number of nitrogens with zero attached hydrogens (tertiary/aromatic N) is 5. The van der Waals surface area contributed by atoms with Gasteiger partial charge >= 0.3 is 6.01 Å². The van der Waals surface area contributed by atoms with E-state index < -0.39 is 0 Å². The molecule has 2 aliphatic rings. The van der Waals surface area contributed by atoms with Crippen LogP contribution in [-0.2, 0) is 4.74 Å². The molecule has 0 atom stereocenters. The van der Waals surface area contributed by atoms with Crippen LogP contribution in [0.2, 0.25) is 0 Å². The maximum absolute atomic E-state index is 5.92. The molecule has 4 heterocycles. The summed E-state index contributed by atoms with van der Waals surface area (Å²) in [5, 5.41) is 5.54. The SMILES string of the molecule is C(=N/Nc1cc(N2CCSC2)nc(OCCN2CCOCC2)n1)/c1c[nH]c2ccccc12. The van der Waals surface area contributed by atoms with Gasteiger partial charge in [0, 0.05) is 60.7 Å². The van der Waals surface area contributed by atoms with E-state index >= 15 is 0 Å². The smallest absolute Gasteiger partial charge is 0.320 e. The number of thioether (sulfide) groups is 1. The first kappa shape index (κ1) is 21.0. The molecule has 3 aromatic rings. The van der Waals surface area contributed by atoms with E-state index in [1.54, 1.807) is 6.21 Å². The molecular weight excluding hydrogens is 426 g/mol. The third-order valence-electron chi connectivity index (χ3n) is 5.52. The van der Waals surface area contributed by atoms with E-state index in [2.05, 4.69) is 41.3 Å². The molecule has 32 heavy (non-hydrogen) atoms. The van der Waals surface area contributed by atoms with E-state index in [4.69, 9.17) is 9.47 Å². The molecule has 0 aliphatic carbocycles. The minimum absolute atomic E-state index is 0.373. The van der Waals surface area contributed by atoms with Crippen LogP contribution in [0.3, 0.4) is 0 Å². The minimum Gasteiger partial charge on any atom is -0.462 e. The van der Waals surface area contributed by atoms with Gasteiger partial charge in [-0.3, -0.25) is 10.3 Å². The summed E-state index contributed by atoms with van der Waals surface area (Å²) in [6.07, 6.45) is 3.74. The molecule has 10 heteroatoms. The van der Waals surface area contributed by atoms with E-state index in [1.165, 1.54) is 0 Å². The summed E-state index contributed by atoms with van der Waals surface area (Å²) in [4.78, 5) is 17.0. The van der Waals surface area contributed by atoms with Gasteiger partial charge in [-0.1, -0.05) is 18.2 Å². The third-order valence-corrected chi connectivity index (χ3v) is 6.48. The summed E-state index contributed by atoms with van der Waals surface area (Å²) in [5.41, 5.74) is 5.15. The average molecular weight is 454 g/mol. The van der Waals surface area contributed by atoms with Gasteiger partial charge in [-0.2, -0.15) is 15.1 Å². The second kappa shape index (κ2) is 10.2. The number of fused-ring (bicyclic) bond motifs is 1. The van der Waals surface area contributed by atoms with E-state index in [0.29, 0.717) is 18.4 Å². The van der Waals surface area contributed by atoms with Gasteiger partial charge in [0.05, 0.1) is 25.3 Å². The van der Waals surface area contributed by atoms with Crippen LogP contribution < -0.4 is 15.1 Å². The number of hydrazone groups is 1. The molecule has 0 unspecified atom stereocenters. The number of ether oxygens (including phenoxy) is 2. The highest BCUT2D eigenvalue weighted by Gasteiger charge is 2.17. The highest BCUT2D eigenvalue weighted by molar-refractivity contribution is 7.99. The van der Waals surface area contributed by atoms with E-state index in [0.717, 1.165) is 73.3 Å². The molecule has 0 radical (unpaired) electrons. The fourth-order valence-electron chi connectivity index (χ4n) is 3.75. The van der Waals surface area contributed by atoms with Crippen LogP contribution in [0.4, 0.5) is 11.6 Å². The highest BCUT2D eigenvalue weighted by atomic mass is 32.2. The topological polar surface area (TPSA) is 90.9 Å². The number of aromatic nitrogens is 3. The first-order valence-corrected chi connectivity index (χ1v) is 12.0. The Labute approximate surface area is 191 Å². The predicted octanol–water partition coefficient (Wildman–Crippen LogP) is 2.63. The third kappa shape index (κ3) is 5.14. The first-order valence-electron chi connectivity index (χ1n) is 10.8. The minimum atomic E-state index is 0.373. The fourth-order valence-corrected chi connectivity index (χ4v) is 4.71. The van der Waals surface area contributed by atoms with Gasteiger partial charge < -0.3 is 19.4 Å². The molecule has 2 aliphatic heterocycles. The van der Waals surface area contributed by atoms with Crippen molar-refractivity contribution in [2.45, 2.75) is 0 Å². The second-order valence-electron chi connectivity index (χ2n) is 7.66. The first-order chi connectivity index (χ1) is 15.8. The van der Waals surface area contributed by atoms with E-state index in [-0.39, 0.29) is 0 Å². The molecule has 0 bridgehead atoms. The van der Waals surface area contributed by atoms with Gasteiger partial charge in [-0.25, -0.2) is 0 Å². The van der Waals surface area contributed by atoms with Crippen LogP contribution >= 0.6 is 11.8 Å². The number of nitrogens with one attached hydrogen (secondary N) is 2. The molecule has 2 N–H and O–H groups in total. The number of anilines is 2. The number of morpholine rings is 1. The van der Waals surface area contributed by atoms with Gasteiger partial charge in [0.15, 0.2) is 5.82 Å². The molecule has 0 amide bonds. The summed E-state index contributed by atoms with van der Waals surface area (Å²) >= 11 is 1.90. The number of benzene rings is 1. The quantitative estimate of drug-likeness (QED) is 0.397. The van der Waals surface area contributed by atoms with Crippen molar-refractivity contribution in [1.29, 1.82) is 0 Å². The molecule has 9 nitrogen and oxygen atoms in total. The zero-order valence-electron chi connectivity index (χ0n) is 17.9. The largest absolute Gasteiger partial charge is 0.462 e. The van der Waals surface area contributed by atoms with Crippen LogP contribution in [0.1, 0.15) is 5.56 Å². The molecule has 2 fully saturated rings. The van der Waals surface area contributed by atoms with Crippen LogP contribution in [0.5, 0.6) is 6.01 Å². The van der Waals surface area contributed by atoms with Crippen molar-refractivity contribution in [1.82, 2.24) is 19.9 Å². The van der Waals surface area contributed by atoms with Crippen LogP contribution in [0, 0.1) is 0 Å². The molecule has 5 rings (SSSR count). The molecule has 1 aromatic carbocycles. The summed E-state index contributed by atoms with van der Waals surface area (Å²) in [6.45, 7) is 5.76. The summed E-state index contributed by atoms with van der Waals surface area (Å²) in [6, 6.07) is 10.4. The molecule has 2 aromatic heterocycles. The molecule has 0 spiro atoms. The zero-order chi connectivity index (χ0) is 21.6. The molecular formula is C22H27N7O2S. The Morgan fingerprint density at radius 3 is 3.00 bits per heavy atom. The Balaban J connectivity index is 1.27. The normalized spacial score (nSPS) is 17.4. The van der Waals surface area contributed by atoms with Crippen LogP contribution in [0.15, 0.2) is 41.6 Å². The zero-order valence-corrected chi connectivity index (χ0v) is 18.7. The van der Waals surface area contributed by atoms with E-state index in [9.17, 15) is 0 Å². The Morgan fingerprint density at radius 2 is 2.12 bits per heavy atom. The van der Waals surface area contributed by atoms with Crippen molar-refractivity contribution >= 4 is 40.5 Å². The maximum Gasteiger partial charge on any atom is 0.320 e. The van der Waals surface area contributed by atoms with Crippen LogP contribution in [0.25, 0.3) is 10.9 Å². The Morgan fingerprint density at radius 1 is 1.22 bits per heavy atom. The standard InChI is InChI=1S/C22H27N7O2S/c1-2-4-19-18(3-1)17(14-23-19)15-24-27-20-13-21(29-8-12-32-16-29)26-22(25-20)31-11-7-28-5-9-30-10-6-28/h1-4,13-15,23H,5-12,16H2,(H,25,26,27)/b24-15-. The lowest BCUT2D eigenvalue weighted by Crippen LogP contribution is -2.38. The lowest BCUT2D eigenvalue weighted by atomic mass is 10.2. The number of para-hydroxylation sites is 1. The number of hydrogen-bond donors (Lipinski definition) is 2. The number of rotatable bonds is 8. The Bertz CT molecular complexity index is 1060. The lowest BCUT2D eigenvalue weighted by molar-refractivity contribution is 0.0317. The van der Waals surface area contributed by atoms with Gasteiger partial charge in [0.1, 0.15) is 12.4 Å². The van der Waals surface area contributed by atoms with Crippen molar-refractivity contribution < 1.29 is 9.47 Å². The lowest BCUT2D eigenvalue weighted by Gasteiger charge is -2.26. The number of aromatic amines is 1. The average Bonchev–Trinajstić information content (AvgIpc) is 3.51. The maximum atomic E-state index is 5.92. The van der Waals surface area contributed by atoms with Gasteiger partial charge in [0.25, 0.3) is 0 Å². The van der Waals surface area contributed by atoms with Crippen LogP contribution in [-0.4, -0.2) is 83.7 Å². The molecule has 168 valence electrons. The Kier molecular flexibility index (Phi) is 6.71. The Hall–Kier alpha value is -2.82. The summed E-state index contributed by atoms with van der Waals surface area (Å²) in [5.74, 6) is 3.49. The van der Waals surface area contributed by atoms with Gasteiger partial charge in [-0.05, 0) is 6.07 Å². The van der Waals surface area contributed by atoms with E-state index in [1.807, 2.05) is 42.2 Å². The number of H-pyrrole nitrogens is 1. The fraction of sp³-hybridized carbons (Fsp3) is 0.409. The molecule has 2 saturated heterocycles. The number of hydrogen-bond acceptors (Lipinski definition) is 9. The second-order valence-corrected chi connectivity index (χ2v) is 8.73. The highest BCUT2D eigenvalue weighted by Crippen LogP contribution is 2.25. The summed E-state index contributed by atoms with van der Waals surface area (Å²) in [7, 11) is 0. The van der Waals surface area contributed by atoms with Gasteiger partial charge in [-0.15, -0.1) is 11.8 Å². The van der Waals surface area contributed by atoms with Crippen molar-refractivity contribution in [3.8, 4) is 6.01 Å². The monoisotopic (exact) mass is 453 g/mol. The van der Waals surface area contributed by atoms with Crippen molar-refractivity contribution in [2.24, 2.45) is 5.10 Å².